The minimum Gasteiger partial charge on any atom is -0.480 e. The summed E-state index contributed by atoms with van der Waals surface area (Å²) in [5, 5.41) is 8.56. The largest absolute Gasteiger partial charge is 0.480 e. The Morgan fingerprint density at radius 1 is 1.31 bits per heavy atom. The summed E-state index contributed by atoms with van der Waals surface area (Å²) in [5.74, 6) is -1.20. The van der Waals surface area contributed by atoms with Crippen LogP contribution in [0.4, 0.5) is 4.39 Å². The van der Waals surface area contributed by atoms with Crippen molar-refractivity contribution in [3.8, 4) is 0 Å². The highest BCUT2D eigenvalue weighted by Gasteiger charge is 2.09. The fourth-order valence-electron chi connectivity index (χ4n) is 1.47. The summed E-state index contributed by atoms with van der Waals surface area (Å²) in [4.78, 5) is 10.4. The van der Waals surface area contributed by atoms with E-state index in [1.807, 2.05) is 0 Å². The van der Waals surface area contributed by atoms with Gasteiger partial charge in [-0.15, -0.1) is 0 Å². The van der Waals surface area contributed by atoms with Gasteiger partial charge in [0.2, 0.25) is 0 Å². The van der Waals surface area contributed by atoms with Gasteiger partial charge in [0.15, 0.2) is 0 Å². The zero-order valence-electron chi connectivity index (χ0n) is 9.03. The molecule has 0 aliphatic rings. The van der Waals surface area contributed by atoms with Gasteiger partial charge in [0.25, 0.3) is 0 Å². The molecule has 1 aromatic rings. The molecule has 1 unspecified atom stereocenters. The Morgan fingerprint density at radius 3 is 2.50 bits per heavy atom. The molecule has 1 atom stereocenters. The zero-order valence-corrected chi connectivity index (χ0v) is 9.03. The van der Waals surface area contributed by atoms with E-state index in [0.29, 0.717) is 6.42 Å². The van der Waals surface area contributed by atoms with Crippen molar-refractivity contribution in [2.24, 2.45) is 5.73 Å². The fraction of sp³-hybridized carbons (Fsp3) is 0.417. The molecule has 0 amide bonds. The molecule has 88 valence electrons. The van der Waals surface area contributed by atoms with Gasteiger partial charge in [-0.1, -0.05) is 18.6 Å². The lowest BCUT2D eigenvalue weighted by Gasteiger charge is -2.05. The molecule has 0 saturated heterocycles. The second-order valence-electron chi connectivity index (χ2n) is 3.82. The van der Waals surface area contributed by atoms with Crippen molar-refractivity contribution >= 4 is 5.97 Å². The van der Waals surface area contributed by atoms with E-state index in [9.17, 15) is 9.18 Å². The molecular formula is C12H16FNO2. The van der Waals surface area contributed by atoms with Crippen LogP contribution in [0, 0.1) is 5.82 Å². The lowest BCUT2D eigenvalue weighted by atomic mass is 10.0. The molecule has 16 heavy (non-hydrogen) atoms. The third-order valence-electron chi connectivity index (χ3n) is 2.46. The number of carboxylic acid groups (broad SMARTS) is 1. The summed E-state index contributed by atoms with van der Waals surface area (Å²) >= 11 is 0. The quantitative estimate of drug-likeness (QED) is 0.727. The van der Waals surface area contributed by atoms with Gasteiger partial charge in [-0.2, -0.15) is 0 Å². The van der Waals surface area contributed by atoms with E-state index in [1.54, 1.807) is 12.1 Å². The van der Waals surface area contributed by atoms with E-state index in [4.69, 9.17) is 10.8 Å². The molecule has 4 heteroatoms. The van der Waals surface area contributed by atoms with Gasteiger partial charge in [-0.05, 0) is 37.0 Å². The number of carboxylic acids is 1. The predicted molar refractivity (Wildman–Crippen MR) is 59.6 cm³/mol. The number of aryl methyl sites for hydroxylation is 1. The minimum atomic E-state index is -0.957. The minimum absolute atomic E-state index is 0.239. The molecular weight excluding hydrogens is 209 g/mol. The van der Waals surface area contributed by atoms with Crippen molar-refractivity contribution in [3.05, 3.63) is 35.6 Å². The smallest absolute Gasteiger partial charge is 0.320 e. The summed E-state index contributed by atoms with van der Waals surface area (Å²) in [6.07, 6.45) is 2.95. The Kier molecular flexibility index (Phi) is 4.92. The molecule has 1 aromatic carbocycles. The van der Waals surface area contributed by atoms with Crippen LogP contribution in [0.2, 0.25) is 0 Å². The maximum atomic E-state index is 12.6. The molecule has 3 nitrogen and oxygen atoms in total. The average Bonchev–Trinajstić information content (AvgIpc) is 2.26. The van der Waals surface area contributed by atoms with Crippen LogP contribution in [-0.4, -0.2) is 17.1 Å². The van der Waals surface area contributed by atoms with Gasteiger partial charge >= 0.3 is 5.97 Å². The molecule has 0 radical (unpaired) electrons. The van der Waals surface area contributed by atoms with Crippen LogP contribution in [0.15, 0.2) is 24.3 Å². The first-order chi connectivity index (χ1) is 7.59. The van der Waals surface area contributed by atoms with Crippen LogP contribution in [0.3, 0.4) is 0 Å². The Morgan fingerprint density at radius 2 is 1.94 bits per heavy atom. The highest BCUT2D eigenvalue weighted by Crippen LogP contribution is 2.08. The fourth-order valence-corrected chi connectivity index (χ4v) is 1.47. The topological polar surface area (TPSA) is 63.3 Å². The van der Waals surface area contributed by atoms with Gasteiger partial charge in [-0.25, -0.2) is 4.39 Å². The molecule has 0 aliphatic heterocycles. The Hall–Kier alpha value is -1.42. The van der Waals surface area contributed by atoms with Crippen LogP contribution in [0.1, 0.15) is 24.8 Å². The zero-order chi connectivity index (χ0) is 12.0. The summed E-state index contributed by atoms with van der Waals surface area (Å²) in [7, 11) is 0. The second kappa shape index (κ2) is 6.23. The van der Waals surface area contributed by atoms with Gasteiger partial charge in [-0.3, -0.25) is 4.79 Å². The first-order valence-corrected chi connectivity index (χ1v) is 5.32. The lowest BCUT2D eigenvalue weighted by Crippen LogP contribution is -2.29. The first-order valence-electron chi connectivity index (χ1n) is 5.32. The van der Waals surface area contributed by atoms with Crippen molar-refractivity contribution < 1.29 is 14.3 Å². The SMILES string of the molecule is NC(CCCCc1ccc(F)cc1)C(=O)O. The van der Waals surface area contributed by atoms with Crippen LogP contribution in [0.25, 0.3) is 0 Å². The van der Waals surface area contributed by atoms with Crippen molar-refractivity contribution in [1.82, 2.24) is 0 Å². The molecule has 0 aliphatic carbocycles. The first kappa shape index (κ1) is 12.6. The highest BCUT2D eigenvalue weighted by atomic mass is 19.1. The van der Waals surface area contributed by atoms with Crippen molar-refractivity contribution in [3.63, 3.8) is 0 Å². The number of hydrogen-bond donors (Lipinski definition) is 2. The average molecular weight is 225 g/mol. The van der Waals surface area contributed by atoms with Crippen LogP contribution >= 0.6 is 0 Å². The number of rotatable bonds is 6. The molecule has 0 fully saturated rings. The molecule has 0 spiro atoms. The molecule has 0 bridgehead atoms. The van der Waals surface area contributed by atoms with E-state index >= 15 is 0 Å². The summed E-state index contributed by atoms with van der Waals surface area (Å²) in [6.45, 7) is 0. The number of unbranched alkanes of at least 4 members (excludes halogenated alkanes) is 1. The maximum absolute atomic E-state index is 12.6. The van der Waals surface area contributed by atoms with Crippen LogP contribution in [0.5, 0.6) is 0 Å². The number of halogens is 1. The normalized spacial score (nSPS) is 12.4. The Balaban J connectivity index is 2.21. The summed E-state index contributed by atoms with van der Waals surface area (Å²) < 4.78 is 12.6. The third kappa shape index (κ3) is 4.40. The molecule has 0 heterocycles. The van der Waals surface area contributed by atoms with Gasteiger partial charge in [0.1, 0.15) is 11.9 Å². The van der Waals surface area contributed by atoms with Crippen LogP contribution < -0.4 is 5.73 Å². The highest BCUT2D eigenvalue weighted by molar-refractivity contribution is 5.72. The van der Waals surface area contributed by atoms with Gasteiger partial charge in [0, 0.05) is 0 Å². The van der Waals surface area contributed by atoms with Gasteiger partial charge in [0.05, 0.1) is 0 Å². The summed E-state index contributed by atoms with van der Waals surface area (Å²) in [5.41, 5.74) is 6.43. The number of hydrogen-bond acceptors (Lipinski definition) is 2. The van der Waals surface area contributed by atoms with E-state index in [-0.39, 0.29) is 5.82 Å². The number of benzene rings is 1. The Bertz CT molecular complexity index is 337. The Labute approximate surface area is 94.1 Å². The van der Waals surface area contributed by atoms with E-state index in [0.717, 1.165) is 24.8 Å². The standard InChI is InChI=1S/C12H16FNO2/c13-10-7-5-9(6-8-10)3-1-2-4-11(14)12(15)16/h5-8,11H,1-4,14H2,(H,15,16). The van der Waals surface area contributed by atoms with Gasteiger partial charge < -0.3 is 10.8 Å². The predicted octanol–water partition coefficient (Wildman–Crippen LogP) is 1.95. The lowest BCUT2D eigenvalue weighted by molar-refractivity contribution is -0.138. The van der Waals surface area contributed by atoms with E-state index in [2.05, 4.69) is 0 Å². The molecule has 0 aromatic heterocycles. The number of nitrogens with two attached hydrogens (primary N) is 1. The van der Waals surface area contributed by atoms with E-state index < -0.39 is 12.0 Å². The van der Waals surface area contributed by atoms with Crippen molar-refractivity contribution in [2.45, 2.75) is 31.7 Å². The third-order valence-corrected chi connectivity index (χ3v) is 2.46. The molecule has 3 N–H and O–H groups in total. The maximum Gasteiger partial charge on any atom is 0.320 e. The number of carbonyl (C=O) groups is 1. The van der Waals surface area contributed by atoms with Crippen LogP contribution in [-0.2, 0) is 11.2 Å². The monoisotopic (exact) mass is 225 g/mol. The van der Waals surface area contributed by atoms with E-state index in [1.165, 1.54) is 12.1 Å². The molecule has 0 saturated carbocycles. The van der Waals surface area contributed by atoms with Crippen molar-refractivity contribution in [1.29, 1.82) is 0 Å². The number of aliphatic carboxylic acids is 1. The van der Waals surface area contributed by atoms with Crippen molar-refractivity contribution in [2.75, 3.05) is 0 Å². The molecule has 1 rings (SSSR count). The second-order valence-corrected chi connectivity index (χ2v) is 3.82. The summed E-state index contributed by atoms with van der Waals surface area (Å²) in [6, 6.07) is 5.57.